The van der Waals surface area contributed by atoms with Crippen LogP contribution in [0.1, 0.15) is 88.8 Å². The van der Waals surface area contributed by atoms with Crippen LogP contribution in [0.4, 0.5) is 0 Å². The van der Waals surface area contributed by atoms with Crippen molar-refractivity contribution >= 4 is 10.0 Å². The highest BCUT2D eigenvalue weighted by Gasteiger charge is 2.43. The average Bonchev–Trinajstić information content (AvgIpc) is 3.08. The van der Waals surface area contributed by atoms with E-state index in [0.717, 1.165) is 11.1 Å². The molecule has 5 nitrogen and oxygen atoms in total. The summed E-state index contributed by atoms with van der Waals surface area (Å²) in [5, 5.41) is 0. The van der Waals surface area contributed by atoms with Gasteiger partial charge in [0.1, 0.15) is 0 Å². The van der Waals surface area contributed by atoms with Crippen molar-refractivity contribution in [3.8, 4) is 0 Å². The van der Waals surface area contributed by atoms with Crippen LogP contribution in [0.15, 0.2) is 17.0 Å². The predicted molar refractivity (Wildman–Crippen MR) is 111 cm³/mol. The first kappa shape index (κ1) is 21.8. The van der Waals surface area contributed by atoms with Gasteiger partial charge in [-0.1, -0.05) is 53.7 Å². The maximum absolute atomic E-state index is 13.8. The van der Waals surface area contributed by atoms with E-state index in [0.29, 0.717) is 50.0 Å². The Balaban J connectivity index is 2.03. The molecule has 0 bridgehead atoms. The molecule has 2 aliphatic rings. The van der Waals surface area contributed by atoms with Gasteiger partial charge in [0, 0.05) is 25.9 Å². The van der Waals surface area contributed by atoms with Crippen LogP contribution in [-0.4, -0.2) is 44.8 Å². The number of rotatable bonds is 5. The summed E-state index contributed by atoms with van der Waals surface area (Å²) < 4.78 is 40.7. The molecular formula is C22H35NO4S. The van der Waals surface area contributed by atoms with Crippen molar-refractivity contribution in [2.45, 2.75) is 82.8 Å². The van der Waals surface area contributed by atoms with Crippen LogP contribution in [0.2, 0.25) is 0 Å². The zero-order chi connectivity index (χ0) is 20.7. The van der Waals surface area contributed by atoms with Crippen LogP contribution in [0.25, 0.3) is 0 Å². The topological polar surface area (TPSA) is 55.8 Å². The number of hydrogen-bond donors (Lipinski definition) is 0. The standard InChI is InChI=1S/C22H35NO4S/c1-15(2)18-13-19(16(3)4)21(20(14-18)17(5)6)28(24,25)23-9-7-22(8-10-23)26-11-12-27-22/h13-17H,7-12H2,1-6H3. The lowest BCUT2D eigenvalue weighted by molar-refractivity contribution is -0.179. The number of hydrogen-bond acceptors (Lipinski definition) is 4. The van der Waals surface area contributed by atoms with Crippen molar-refractivity contribution in [2.24, 2.45) is 0 Å². The summed E-state index contributed by atoms with van der Waals surface area (Å²) in [5.74, 6) is 0.0606. The summed E-state index contributed by atoms with van der Waals surface area (Å²) in [6.07, 6.45) is 1.18. The number of nitrogens with zero attached hydrogens (tertiary/aromatic N) is 1. The quantitative estimate of drug-likeness (QED) is 0.714. The summed E-state index contributed by atoms with van der Waals surface area (Å²) in [4.78, 5) is 0.520. The third-order valence-corrected chi connectivity index (χ3v) is 8.01. The molecule has 0 unspecified atom stereocenters. The van der Waals surface area contributed by atoms with Gasteiger partial charge in [-0.05, 0) is 34.4 Å². The molecule has 0 amide bonds. The zero-order valence-electron chi connectivity index (χ0n) is 18.1. The van der Waals surface area contributed by atoms with E-state index in [1.165, 1.54) is 5.56 Å². The van der Waals surface area contributed by atoms with E-state index in [1.54, 1.807) is 4.31 Å². The van der Waals surface area contributed by atoms with E-state index in [2.05, 4.69) is 53.7 Å². The highest BCUT2D eigenvalue weighted by Crippen LogP contribution is 2.39. The number of benzene rings is 1. The second kappa shape index (κ2) is 8.05. The molecule has 2 heterocycles. The van der Waals surface area contributed by atoms with Gasteiger partial charge in [0.15, 0.2) is 5.79 Å². The first-order valence-corrected chi connectivity index (χ1v) is 12.0. The summed E-state index contributed by atoms with van der Waals surface area (Å²) in [6.45, 7) is 14.7. The molecule has 2 saturated heterocycles. The third-order valence-electron chi connectivity index (χ3n) is 5.98. The Hall–Kier alpha value is -0.950. The fraction of sp³-hybridized carbons (Fsp3) is 0.727. The van der Waals surface area contributed by atoms with Crippen LogP contribution in [0, 0.1) is 0 Å². The predicted octanol–water partition coefficient (Wildman–Crippen LogP) is 4.58. The summed E-state index contributed by atoms with van der Waals surface area (Å²) in [6, 6.07) is 4.20. The second-order valence-electron chi connectivity index (χ2n) is 9.00. The molecule has 0 radical (unpaired) electrons. The Kier molecular flexibility index (Phi) is 6.26. The molecule has 2 fully saturated rings. The minimum atomic E-state index is -3.58. The van der Waals surface area contributed by atoms with E-state index >= 15 is 0 Å². The monoisotopic (exact) mass is 409 g/mol. The molecule has 1 aromatic carbocycles. The zero-order valence-corrected chi connectivity index (χ0v) is 18.9. The number of piperidine rings is 1. The van der Waals surface area contributed by atoms with Crippen molar-refractivity contribution in [1.29, 1.82) is 0 Å². The molecule has 0 atom stereocenters. The van der Waals surface area contributed by atoms with Crippen molar-refractivity contribution in [2.75, 3.05) is 26.3 Å². The van der Waals surface area contributed by atoms with Crippen LogP contribution in [0.5, 0.6) is 0 Å². The largest absolute Gasteiger partial charge is 0.347 e. The van der Waals surface area contributed by atoms with Crippen LogP contribution >= 0.6 is 0 Å². The Labute approximate surface area is 170 Å². The van der Waals surface area contributed by atoms with Gasteiger partial charge in [-0.15, -0.1) is 0 Å². The molecule has 0 saturated carbocycles. The van der Waals surface area contributed by atoms with E-state index in [-0.39, 0.29) is 11.8 Å². The molecule has 28 heavy (non-hydrogen) atoms. The first-order chi connectivity index (χ1) is 13.1. The lowest BCUT2D eigenvalue weighted by Gasteiger charge is -2.37. The first-order valence-electron chi connectivity index (χ1n) is 10.5. The number of ether oxygens (including phenoxy) is 2. The lowest BCUT2D eigenvalue weighted by Crippen LogP contribution is -2.47. The summed E-state index contributed by atoms with van der Waals surface area (Å²) >= 11 is 0. The Morgan fingerprint density at radius 1 is 0.857 bits per heavy atom. The molecule has 1 spiro atoms. The van der Waals surface area contributed by atoms with Gasteiger partial charge in [-0.25, -0.2) is 8.42 Å². The minimum absolute atomic E-state index is 0.138. The molecule has 6 heteroatoms. The maximum Gasteiger partial charge on any atom is 0.243 e. The third kappa shape index (κ3) is 4.02. The van der Waals surface area contributed by atoms with E-state index in [1.807, 2.05) is 0 Å². The molecule has 0 N–H and O–H groups in total. The van der Waals surface area contributed by atoms with Gasteiger partial charge in [-0.2, -0.15) is 4.31 Å². The highest BCUT2D eigenvalue weighted by molar-refractivity contribution is 7.89. The SMILES string of the molecule is CC(C)c1cc(C(C)C)c(S(=O)(=O)N2CCC3(CC2)OCCO3)c(C(C)C)c1. The molecular weight excluding hydrogens is 374 g/mol. The summed E-state index contributed by atoms with van der Waals surface area (Å²) in [5.41, 5.74) is 3.07. The Bertz CT molecular complexity index is 769. The van der Waals surface area contributed by atoms with Gasteiger partial charge in [0.2, 0.25) is 10.0 Å². The second-order valence-corrected chi connectivity index (χ2v) is 10.9. The van der Waals surface area contributed by atoms with Gasteiger partial charge < -0.3 is 9.47 Å². The smallest absolute Gasteiger partial charge is 0.243 e. The Morgan fingerprint density at radius 3 is 1.71 bits per heavy atom. The van der Waals surface area contributed by atoms with Crippen molar-refractivity contribution < 1.29 is 17.9 Å². The fourth-order valence-corrected chi connectivity index (χ4v) is 6.28. The van der Waals surface area contributed by atoms with Crippen LogP contribution < -0.4 is 0 Å². The molecule has 0 aromatic heterocycles. The van der Waals surface area contributed by atoms with Crippen molar-refractivity contribution in [1.82, 2.24) is 4.31 Å². The van der Waals surface area contributed by atoms with Gasteiger partial charge in [0.05, 0.1) is 18.1 Å². The molecule has 158 valence electrons. The average molecular weight is 410 g/mol. The van der Waals surface area contributed by atoms with Crippen molar-refractivity contribution in [3.63, 3.8) is 0 Å². The van der Waals surface area contributed by atoms with E-state index in [9.17, 15) is 8.42 Å². The van der Waals surface area contributed by atoms with Crippen molar-refractivity contribution in [3.05, 3.63) is 28.8 Å². The van der Waals surface area contributed by atoms with Gasteiger partial charge in [0.25, 0.3) is 0 Å². The lowest BCUT2D eigenvalue weighted by atomic mass is 9.89. The minimum Gasteiger partial charge on any atom is -0.347 e. The fourth-order valence-electron chi connectivity index (χ4n) is 4.17. The van der Waals surface area contributed by atoms with E-state index in [4.69, 9.17) is 9.47 Å². The van der Waals surface area contributed by atoms with Crippen LogP contribution in [-0.2, 0) is 19.5 Å². The molecule has 1 aromatic rings. The van der Waals surface area contributed by atoms with Crippen LogP contribution in [0.3, 0.4) is 0 Å². The maximum atomic E-state index is 13.8. The molecule has 0 aliphatic carbocycles. The normalized spacial score (nSPS) is 20.8. The van der Waals surface area contributed by atoms with Gasteiger partial charge >= 0.3 is 0 Å². The highest BCUT2D eigenvalue weighted by atomic mass is 32.2. The van der Waals surface area contributed by atoms with Gasteiger partial charge in [-0.3, -0.25) is 0 Å². The van der Waals surface area contributed by atoms with E-state index < -0.39 is 15.8 Å². The molecule has 3 rings (SSSR count). The molecule has 2 aliphatic heterocycles. The summed E-state index contributed by atoms with van der Waals surface area (Å²) in [7, 11) is -3.58. The number of sulfonamides is 1. The Morgan fingerprint density at radius 2 is 1.32 bits per heavy atom.